The van der Waals surface area contributed by atoms with Crippen LogP contribution in [0, 0.1) is 0 Å². The molecule has 0 unspecified atom stereocenters. The molecule has 1 heterocycles. The largest absolute Gasteiger partial charge is 0.479 e. The van der Waals surface area contributed by atoms with Gasteiger partial charge in [-0.2, -0.15) is 4.98 Å². The van der Waals surface area contributed by atoms with E-state index in [-0.39, 0.29) is 17.7 Å². The Hall–Kier alpha value is -1.03. The minimum atomic E-state index is -0.327. The maximum Gasteiger partial charge on any atom is 0.315 e. The molecule has 0 amide bonds. The highest BCUT2D eigenvalue weighted by molar-refractivity contribution is 6.17. The zero-order valence-electron chi connectivity index (χ0n) is 5.08. The van der Waals surface area contributed by atoms with Crippen molar-refractivity contribution >= 4 is 17.4 Å². The summed E-state index contributed by atoms with van der Waals surface area (Å²) in [5.74, 6) is 0.481. The van der Waals surface area contributed by atoms with Gasteiger partial charge in [0.05, 0.1) is 5.88 Å². The second-order valence-corrected chi connectivity index (χ2v) is 1.98. The van der Waals surface area contributed by atoms with Crippen molar-refractivity contribution in [2.75, 3.05) is 5.73 Å². The first-order valence-corrected chi connectivity index (χ1v) is 3.14. The maximum absolute atomic E-state index is 8.69. The Morgan fingerprint density at radius 3 is 2.90 bits per heavy atom. The number of nitrogens with zero attached hydrogens (tertiary/aromatic N) is 2. The number of nitrogens with two attached hydrogens (primary N) is 1. The molecule has 1 aromatic heterocycles. The number of hydrogen-bond donors (Lipinski definition) is 2. The standard InChI is InChI=1S/C5H6ClN3O/c6-1-3-2-8-5(10)9-4(3)7/h2H,1H2,(H3,7,8,9,10). The molecule has 1 rings (SSSR count). The molecule has 4 nitrogen and oxygen atoms in total. The van der Waals surface area contributed by atoms with E-state index in [9.17, 15) is 0 Å². The Bertz CT molecular complexity index is 240. The summed E-state index contributed by atoms with van der Waals surface area (Å²) in [6, 6.07) is -0.327. The van der Waals surface area contributed by atoms with Crippen LogP contribution < -0.4 is 5.73 Å². The van der Waals surface area contributed by atoms with Crippen molar-refractivity contribution in [3.63, 3.8) is 0 Å². The summed E-state index contributed by atoms with van der Waals surface area (Å²) in [7, 11) is 0. The minimum absolute atomic E-state index is 0.225. The maximum atomic E-state index is 8.69. The first-order chi connectivity index (χ1) is 4.74. The molecular formula is C5H6ClN3O. The first-order valence-electron chi connectivity index (χ1n) is 2.60. The minimum Gasteiger partial charge on any atom is -0.479 e. The molecule has 0 aliphatic carbocycles. The summed E-state index contributed by atoms with van der Waals surface area (Å²) in [6.45, 7) is 0. The lowest BCUT2D eigenvalue weighted by Gasteiger charge is -1.97. The average molecular weight is 160 g/mol. The van der Waals surface area contributed by atoms with Crippen molar-refractivity contribution in [2.45, 2.75) is 5.88 Å². The van der Waals surface area contributed by atoms with Gasteiger partial charge in [-0.3, -0.25) is 0 Å². The molecule has 54 valence electrons. The highest BCUT2D eigenvalue weighted by atomic mass is 35.5. The Labute approximate surface area is 62.7 Å². The van der Waals surface area contributed by atoms with Gasteiger partial charge < -0.3 is 10.8 Å². The summed E-state index contributed by atoms with van der Waals surface area (Å²) in [5, 5.41) is 8.69. The fourth-order valence-corrected chi connectivity index (χ4v) is 0.719. The van der Waals surface area contributed by atoms with Crippen LogP contribution in [0.3, 0.4) is 0 Å². The van der Waals surface area contributed by atoms with Crippen molar-refractivity contribution < 1.29 is 5.11 Å². The summed E-state index contributed by atoms with van der Waals surface area (Å²) in [4.78, 5) is 6.97. The van der Waals surface area contributed by atoms with E-state index in [4.69, 9.17) is 22.4 Å². The van der Waals surface area contributed by atoms with E-state index in [1.807, 2.05) is 0 Å². The fraction of sp³-hybridized carbons (Fsp3) is 0.200. The van der Waals surface area contributed by atoms with Crippen LogP contribution in [0.5, 0.6) is 6.01 Å². The van der Waals surface area contributed by atoms with E-state index >= 15 is 0 Å². The van der Waals surface area contributed by atoms with Crippen molar-refractivity contribution in [3.05, 3.63) is 11.8 Å². The molecule has 0 radical (unpaired) electrons. The van der Waals surface area contributed by atoms with E-state index in [1.165, 1.54) is 6.20 Å². The Balaban J connectivity index is 3.07. The molecule has 0 aromatic carbocycles. The molecular weight excluding hydrogens is 154 g/mol. The normalized spacial score (nSPS) is 9.70. The molecule has 0 fully saturated rings. The molecule has 0 saturated heterocycles. The molecule has 0 atom stereocenters. The summed E-state index contributed by atoms with van der Waals surface area (Å²) >= 11 is 5.44. The number of rotatable bonds is 1. The molecule has 0 spiro atoms. The summed E-state index contributed by atoms with van der Waals surface area (Å²) in [5.41, 5.74) is 5.96. The van der Waals surface area contributed by atoms with Gasteiger partial charge in [-0.1, -0.05) is 0 Å². The van der Waals surface area contributed by atoms with Crippen LogP contribution in [0.25, 0.3) is 0 Å². The van der Waals surface area contributed by atoms with Crippen LogP contribution in [-0.2, 0) is 5.88 Å². The third-order valence-corrected chi connectivity index (χ3v) is 1.32. The van der Waals surface area contributed by atoms with Crippen molar-refractivity contribution in [3.8, 4) is 6.01 Å². The molecule has 1 aromatic rings. The van der Waals surface area contributed by atoms with Crippen LogP contribution in [0.15, 0.2) is 6.20 Å². The van der Waals surface area contributed by atoms with Gasteiger partial charge in [0.25, 0.3) is 0 Å². The zero-order valence-corrected chi connectivity index (χ0v) is 5.84. The van der Waals surface area contributed by atoms with Crippen molar-refractivity contribution in [1.29, 1.82) is 0 Å². The Kier molecular flexibility index (Phi) is 1.91. The van der Waals surface area contributed by atoms with E-state index in [2.05, 4.69) is 9.97 Å². The third-order valence-electron chi connectivity index (χ3n) is 1.03. The third kappa shape index (κ3) is 1.27. The number of aromatic hydroxyl groups is 1. The van der Waals surface area contributed by atoms with Gasteiger partial charge in [0.15, 0.2) is 0 Å². The number of nitrogen functional groups attached to an aromatic ring is 1. The van der Waals surface area contributed by atoms with Crippen LogP contribution in [0.4, 0.5) is 5.82 Å². The number of anilines is 1. The van der Waals surface area contributed by atoms with E-state index in [0.29, 0.717) is 5.56 Å². The van der Waals surface area contributed by atoms with Gasteiger partial charge in [-0.15, -0.1) is 11.6 Å². The van der Waals surface area contributed by atoms with Crippen molar-refractivity contribution in [2.24, 2.45) is 0 Å². The fourth-order valence-electron chi connectivity index (χ4n) is 0.513. The van der Waals surface area contributed by atoms with Crippen LogP contribution >= 0.6 is 11.6 Å². The zero-order chi connectivity index (χ0) is 7.56. The lowest BCUT2D eigenvalue weighted by atomic mass is 10.3. The quantitative estimate of drug-likeness (QED) is 0.586. The monoisotopic (exact) mass is 159 g/mol. The molecule has 5 heteroatoms. The summed E-state index contributed by atoms with van der Waals surface area (Å²) < 4.78 is 0. The van der Waals surface area contributed by atoms with Gasteiger partial charge in [0.1, 0.15) is 5.82 Å². The number of alkyl halides is 1. The Morgan fingerprint density at radius 2 is 2.40 bits per heavy atom. The lowest BCUT2D eigenvalue weighted by Crippen LogP contribution is -1.96. The van der Waals surface area contributed by atoms with E-state index in [0.717, 1.165) is 0 Å². The second-order valence-electron chi connectivity index (χ2n) is 1.71. The van der Waals surface area contributed by atoms with Gasteiger partial charge in [-0.05, 0) is 0 Å². The van der Waals surface area contributed by atoms with Crippen LogP contribution in [0.2, 0.25) is 0 Å². The lowest BCUT2D eigenvalue weighted by molar-refractivity contribution is 0.431. The molecule has 0 aliphatic rings. The number of halogens is 1. The van der Waals surface area contributed by atoms with Gasteiger partial charge in [0.2, 0.25) is 0 Å². The predicted octanol–water partition coefficient (Wildman–Crippen LogP) is 0.503. The molecule has 0 saturated carbocycles. The smallest absolute Gasteiger partial charge is 0.315 e. The predicted molar refractivity (Wildman–Crippen MR) is 37.7 cm³/mol. The molecule has 0 aliphatic heterocycles. The van der Waals surface area contributed by atoms with E-state index < -0.39 is 0 Å². The Morgan fingerprint density at radius 1 is 1.70 bits per heavy atom. The number of aromatic nitrogens is 2. The van der Waals surface area contributed by atoms with E-state index in [1.54, 1.807) is 0 Å². The second kappa shape index (κ2) is 2.70. The average Bonchev–Trinajstić information content (AvgIpc) is 1.88. The number of hydrogen-bond acceptors (Lipinski definition) is 4. The first kappa shape index (κ1) is 7.08. The van der Waals surface area contributed by atoms with Crippen LogP contribution in [-0.4, -0.2) is 15.1 Å². The SMILES string of the molecule is Nc1nc(O)ncc1CCl. The van der Waals surface area contributed by atoms with Gasteiger partial charge in [0, 0.05) is 11.8 Å². The summed E-state index contributed by atoms with van der Waals surface area (Å²) in [6.07, 6.45) is 1.39. The molecule has 10 heavy (non-hydrogen) atoms. The highest BCUT2D eigenvalue weighted by Crippen LogP contribution is 2.11. The highest BCUT2D eigenvalue weighted by Gasteiger charge is 1.99. The molecule has 3 N–H and O–H groups in total. The van der Waals surface area contributed by atoms with Gasteiger partial charge >= 0.3 is 6.01 Å². The van der Waals surface area contributed by atoms with Crippen molar-refractivity contribution in [1.82, 2.24) is 9.97 Å². The molecule has 0 bridgehead atoms. The van der Waals surface area contributed by atoms with Crippen LogP contribution in [0.1, 0.15) is 5.56 Å². The van der Waals surface area contributed by atoms with Gasteiger partial charge in [-0.25, -0.2) is 4.98 Å². The topological polar surface area (TPSA) is 72.0 Å².